The Bertz CT molecular complexity index is 15.7. The van der Waals surface area contributed by atoms with Gasteiger partial charge in [0.1, 0.15) is 0 Å². The Labute approximate surface area is 101 Å². The fraction of sp³-hybridized carbons (Fsp3) is 0. The molecule has 0 aliphatic rings. The van der Waals surface area contributed by atoms with E-state index in [4.69, 9.17) is 0 Å². The molecular formula is Al2MgO6Si. The summed E-state index contributed by atoms with van der Waals surface area (Å²) in [4.78, 5) is 0. The minimum absolute atomic E-state index is 0. The van der Waals surface area contributed by atoms with Crippen LogP contribution in [0.25, 0.3) is 0 Å². The van der Waals surface area contributed by atoms with E-state index >= 15 is 0 Å². The zero-order valence-electron chi connectivity index (χ0n) is 4.81. The molecule has 0 heterocycles. The van der Waals surface area contributed by atoms with Crippen molar-refractivity contribution in [1.82, 2.24) is 0 Å². The average molecular weight is 202 g/mol. The topological polar surface area (TPSA) is 171 Å². The van der Waals surface area contributed by atoms with Crippen LogP contribution in [0.4, 0.5) is 0 Å². The summed E-state index contributed by atoms with van der Waals surface area (Å²) in [5.74, 6) is 0. The summed E-state index contributed by atoms with van der Waals surface area (Å²) >= 11 is 0. The molecule has 0 aliphatic carbocycles. The molecule has 10 heteroatoms. The molecule has 48 valence electrons. The molecule has 0 saturated heterocycles. The number of hydrogen-bond donors (Lipinski definition) is 0. The fourth-order valence-electron chi connectivity index (χ4n) is 0. The molecule has 0 radical (unpaired) electrons. The zero-order valence-corrected chi connectivity index (χ0v) is 9.53. The maximum absolute atomic E-state index is 0. The first kappa shape index (κ1) is 422. The van der Waals surface area contributed by atoms with Gasteiger partial charge in [0.15, 0.2) is 0 Å². The van der Waals surface area contributed by atoms with E-state index < -0.39 is 0 Å². The van der Waals surface area contributed by atoms with Crippen LogP contribution in [0.15, 0.2) is 0 Å². The van der Waals surface area contributed by atoms with E-state index in [0.29, 0.717) is 0 Å². The van der Waals surface area contributed by atoms with Crippen molar-refractivity contribution < 1.29 is 32.9 Å². The second-order valence-corrected chi connectivity index (χ2v) is 0. The van der Waals surface area contributed by atoms with E-state index in [0.717, 1.165) is 0 Å². The molecule has 0 aromatic heterocycles. The van der Waals surface area contributed by atoms with Crippen molar-refractivity contribution in [2.45, 2.75) is 0 Å². The minimum atomic E-state index is 0. The molecule has 0 spiro atoms. The van der Waals surface area contributed by atoms with E-state index in [9.17, 15) is 0 Å². The van der Waals surface area contributed by atoms with Crippen molar-refractivity contribution in [3.8, 4) is 0 Å². The van der Waals surface area contributed by atoms with Gasteiger partial charge in [0, 0.05) is 0 Å². The van der Waals surface area contributed by atoms with Crippen molar-refractivity contribution in [3.63, 3.8) is 0 Å². The van der Waals surface area contributed by atoms with Crippen LogP contribution in [0.2, 0.25) is 0 Å². The van der Waals surface area contributed by atoms with E-state index in [1.807, 2.05) is 0 Å². The molecule has 0 amide bonds. The maximum Gasteiger partial charge on any atom is 4.00 e. The summed E-state index contributed by atoms with van der Waals surface area (Å²) in [6, 6.07) is 0. The molecule has 10 heavy (non-hydrogen) atoms. The summed E-state index contributed by atoms with van der Waals surface area (Å²) in [6.07, 6.45) is 0. The third-order valence-electron chi connectivity index (χ3n) is 0. The minimum Gasteiger partial charge on any atom is -2.00 e. The van der Waals surface area contributed by atoms with Gasteiger partial charge in [-0.2, -0.15) is 0 Å². The third kappa shape index (κ3) is 233. The average Bonchev–Trinajstić information content (AvgIpc) is 0. The summed E-state index contributed by atoms with van der Waals surface area (Å²) in [5.41, 5.74) is 0. The van der Waals surface area contributed by atoms with Gasteiger partial charge in [0.05, 0.1) is 0 Å². The number of hydrogen-bond acceptors (Lipinski definition) is 0. The molecule has 0 saturated carbocycles. The van der Waals surface area contributed by atoms with Gasteiger partial charge in [0.2, 0.25) is 0 Å². The molecular weight excluding hydrogens is 202 g/mol. The first-order valence-corrected chi connectivity index (χ1v) is 0. The summed E-state index contributed by atoms with van der Waals surface area (Å²) in [5, 5.41) is 0. The SMILES string of the molecule is [Al+3].[Al+3].[Mg+2].[O-2].[O-2].[O-2].[O-2].[O-2].[O-2].[Si+4]. The molecule has 0 aliphatic heterocycles. The van der Waals surface area contributed by atoms with Crippen LogP contribution < -0.4 is 0 Å². The van der Waals surface area contributed by atoms with Gasteiger partial charge >= 0.3 is 68.7 Å². The van der Waals surface area contributed by atoms with E-state index in [2.05, 4.69) is 0 Å². The molecule has 0 bridgehead atoms. The van der Waals surface area contributed by atoms with Crippen LogP contribution >= 0.6 is 0 Å². The predicted molar refractivity (Wildman–Crippen MR) is 27.1 cm³/mol. The van der Waals surface area contributed by atoms with Crippen LogP contribution in [0.5, 0.6) is 0 Å². The van der Waals surface area contributed by atoms with Crippen LogP contribution in [0, 0.1) is 0 Å². The fourth-order valence-corrected chi connectivity index (χ4v) is 0. The second kappa shape index (κ2) is 318. The predicted octanol–water partition coefficient (Wildman–Crippen LogP) is -2.24. The zero-order chi connectivity index (χ0) is 0. The quantitative estimate of drug-likeness (QED) is 0.387. The molecule has 0 N–H and O–H groups in total. The Morgan fingerprint density at radius 1 is 0.400 bits per heavy atom. The van der Waals surface area contributed by atoms with Crippen LogP contribution in [-0.2, 0) is 32.9 Å². The third-order valence-corrected chi connectivity index (χ3v) is 0. The van der Waals surface area contributed by atoms with Crippen molar-refractivity contribution in [2.75, 3.05) is 0 Å². The molecule has 0 fully saturated rings. The molecule has 0 unspecified atom stereocenters. The molecule has 0 aromatic carbocycles. The van der Waals surface area contributed by atoms with E-state index in [1.165, 1.54) is 0 Å². The molecule has 0 aromatic rings. The van der Waals surface area contributed by atoms with Crippen molar-refractivity contribution in [1.29, 1.82) is 0 Å². The standard InChI is InChI=1S/2Al.Mg.6O.Si/q2*+3;+2;6*-2;+4. The van der Waals surface area contributed by atoms with Gasteiger partial charge in [0.25, 0.3) is 0 Å². The molecule has 6 nitrogen and oxygen atoms in total. The Balaban J connectivity index is 0. The van der Waals surface area contributed by atoms with E-state index in [1.54, 1.807) is 0 Å². The first-order chi connectivity index (χ1) is 0. The summed E-state index contributed by atoms with van der Waals surface area (Å²) in [6.45, 7) is 0. The Morgan fingerprint density at radius 2 is 0.400 bits per heavy atom. The van der Waals surface area contributed by atoms with Gasteiger partial charge in [-0.15, -0.1) is 0 Å². The summed E-state index contributed by atoms with van der Waals surface area (Å²) in [7, 11) is 0. The monoisotopic (exact) mass is 202 g/mol. The smallest absolute Gasteiger partial charge is 2.00 e. The summed E-state index contributed by atoms with van der Waals surface area (Å²) < 4.78 is 0. The maximum atomic E-state index is 0. The van der Waals surface area contributed by atoms with Gasteiger partial charge in [-0.05, 0) is 0 Å². The Hall–Kier alpha value is 1.81. The van der Waals surface area contributed by atoms with Crippen LogP contribution in [-0.4, -0.2) is 68.7 Å². The van der Waals surface area contributed by atoms with Crippen molar-refractivity contribution in [3.05, 3.63) is 0 Å². The van der Waals surface area contributed by atoms with Crippen LogP contribution in [0.3, 0.4) is 0 Å². The van der Waals surface area contributed by atoms with Crippen LogP contribution in [0.1, 0.15) is 0 Å². The van der Waals surface area contributed by atoms with Gasteiger partial charge in [-0.1, -0.05) is 0 Å². The molecule has 0 rings (SSSR count). The van der Waals surface area contributed by atoms with Gasteiger partial charge < -0.3 is 32.9 Å². The van der Waals surface area contributed by atoms with Crippen molar-refractivity contribution in [2.24, 2.45) is 0 Å². The Kier molecular flexibility index (Phi) is 13400. The second-order valence-electron chi connectivity index (χ2n) is 0. The number of rotatable bonds is 0. The Morgan fingerprint density at radius 3 is 0.400 bits per heavy atom. The first-order valence-electron chi connectivity index (χ1n) is 0. The normalized spacial score (nSPS) is 0. The molecule has 0 atom stereocenters. The van der Waals surface area contributed by atoms with E-state index in [-0.39, 0.29) is 102 Å². The van der Waals surface area contributed by atoms with Gasteiger partial charge in [-0.25, -0.2) is 0 Å². The largest absolute Gasteiger partial charge is 4.00 e. The van der Waals surface area contributed by atoms with Gasteiger partial charge in [-0.3, -0.25) is 0 Å². The van der Waals surface area contributed by atoms with Crippen molar-refractivity contribution >= 4 is 68.7 Å².